The first kappa shape index (κ1) is 46.1. The molecule has 0 radical (unpaired) electrons. The van der Waals surface area contributed by atoms with Crippen molar-refractivity contribution in [1.29, 1.82) is 0 Å². The Morgan fingerprint density at radius 2 is 0.680 bits per heavy atom. The van der Waals surface area contributed by atoms with E-state index in [4.69, 9.17) is 42.6 Å². The molecule has 0 spiro atoms. The molecule has 50 heavy (non-hydrogen) atoms. The largest absolute Gasteiger partial charge is 0.491 e. The zero-order valence-corrected chi connectivity index (χ0v) is 31.2. The summed E-state index contributed by atoms with van der Waals surface area (Å²) in [6.45, 7) is 11.1. The predicted octanol–water partition coefficient (Wildman–Crippen LogP) is 7.59. The van der Waals surface area contributed by atoms with E-state index in [-0.39, 0.29) is 5.69 Å². The Labute approximate surface area is 302 Å². The van der Waals surface area contributed by atoms with Crippen molar-refractivity contribution >= 4 is 5.69 Å². The molecule has 1 aromatic carbocycles. The highest BCUT2D eigenvalue weighted by Crippen LogP contribution is 2.17. The van der Waals surface area contributed by atoms with Crippen LogP contribution in [-0.2, 0) is 37.9 Å². The lowest BCUT2D eigenvalue weighted by Gasteiger charge is -2.09. The lowest BCUT2D eigenvalue weighted by atomic mass is 10.0. The van der Waals surface area contributed by atoms with Gasteiger partial charge in [0.15, 0.2) is 0 Å². The topological polar surface area (TPSA) is 126 Å². The first-order chi connectivity index (χ1) is 24.7. The van der Waals surface area contributed by atoms with Crippen LogP contribution in [-0.4, -0.2) is 117 Å². The minimum absolute atomic E-state index is 0.0314. The fourth-order valence-electron chi connectivity index (χ4n) is 4.92. The summed E-state index contributed by atoms with van der Waals surface area (Å²) in [4.78, 5) is 10.2. The van der Waals surface area contributed by atoms with Crippen LogP contribution in [0.1, 0.15) is 96.8 Å². The van der Waals surface area contributed by atoms with Crippen LogP contribution in [0.2, 0.25) is 0 Å². The number of hydrogen-bond acceptors (Lipinski definition) is 11. The van der Waals surface area contributed by atoms with E-state index in [0.29, 0.717) is 111 Å². The summed E-state index contributed by atoms with van der Waals surface area (Å²) in [7, 11) is 0. The maximum absolute atomic E-state index is 10.6. The summed E-state index contributed by atoms with van der Waals surface area (Å²) in [6.07, 6.45) is 19.2. The highest BCUT2D eigenvalue weighted by Gasteiger charge is 2.04. The molecular weight excluding hydrogens is 646 g/mol. The van der Waals surface area contributed by atoms with Gasteiger partial charge in [-0.05, 0) is 18.6 Å². The molecule has 0 aromatic heterocycles. The van der Waals surface area contributed by atoms with Crippen molar-refractivity contribution < 1.29 is 47.6 Å². The van der Waals surface area contributed by atoms with Gasteiger partial charge in [0.2, 0.25) is 0 Å². The molecule has 0 fully saturated rings. The third-order valence-electron chi connectivity index (χ3n) is 7.79. The van der Waals surface area contributed by atoms with Gasteiger partial charge in [-0.25, -0.2) is 0 Å². The summed E-state index contributed by atoms with van der Waals surface area (Å²) in [5, 5.41) is 10.6. The minimum atomic E-state index is -0.446. The molecule has 0 aliphatic rings. The Hall–Kier alpha value is -1.90. The number of ether oxygens (including phenoxy) is 9. The third-order valence-corrected chi connectivity index (χ3v) is 7.79. The summed E-state index contributed by atoms with van der Waals surface area (Å²) >= 11 is 0. The Morgan fingerprint density at radius 1 is 0.400 bits per heavy atom. The van der Waals surface area contributed by atoms with Gasteiger partial charge in [-0.3, -0.25) is 10.1 Å². The number of benzene rings is 1. The molecule has 0 heterocycles. The van der Waals surface area contributed by atoms with E-state index in [2.05, 4.69) is 6.92 Å². The first-order valence-electron chi connectivity index (χ1n) is 19.2. The fourth-order valence-corrected chi connectivity index (χ4v) is 4.92. The van der Waals surface area contributed by atoms with E-state index in [1.807, 2.05) is 0 Å². The summed E-state index contributed by atoms with van der Waals surface area (Å²) in [5.41, 5.74) is 0.0314. The third kappa shape index (κ3) is 33.3. The molecule has 0 atom stereocenters. The quantitative estimate of drug-likeness (QED) is 0.0378. The second-order valence-corrected chi connectivity index (χ2v) is 12.1. The Morgan fingerprint density at radius 3 is 1.00 bits per heavy atom. The molecule has 0 aliphatic carbocycles. The van der Waals surface area contributed by atoms with Crippen molar-refractivity contribution in [3.63, 3.8) is 0 Å². The standard InChI is InChI=1S/C38H69NO11/c1-2-3-4-5-6-7-8-9-10-11-12-13-14-15-20-42-21-22-43-23-24-44-25-26-45-27-28-46-29-30-47-31-32-48-33-34-49-35-36-50-38-18-16-37(17-19-38)39(40)41/h16-19H,2-15,20-36H2,1H3. The fraction of sp³-hybridized carbons (Fsp3) is 0.842. The van der Waals surface area contributed by atoms with E-state index in [1.54, 1.807) is 12.1 Å². The molecule has 1 aromatic rings. The number of nitro groups is 1. The summed E-state index contributed by atoms with van der Waals surface area (Å²) in [6, 6.07) is 5.94. The van der Waals surface area contributed by atoms with Gasteiger partial charge in [0, 0.05) is 18.7 Å². The van der Waals surface area contributed by atoms with Crippen LogP contribution < -0.4 is 4.74 Å². The number of nitro benzene ring substituents is 1. The highest BCUT2D eigenvalue weighted by molar-refractivity contribution is 5.35. The van der Waals surface area contributed by atoms with Gasteiger partial charge in [0.25, 0.3) is 5.69 Å². The predicted molar refractivity (Wildman–Crippen MR) is 195 cm³/mol. The SMILES string of the molecule is CCCCCCCCCCCCCCCCOCCOCCOCCOCCOCCOCCOCCOCCOc1ccc([N+](=O)[O-])cc1. The van der Waals surface area contributed by atoms with Crippen molar-refractivity contribution in [2.75, 3.05) is 112 Å². The monoisotopic (exact) mass is 715 g/mol. The van der Waals surface area contributed by atoms with Gasteiger partial charge in [-0.1, -0.05) is 90.4 Å². The average molecular weight is 716 g/mol. The molecule has 292 valence electrons. The summed E-state index contributed by atoms with van der Waals surface area (Å²) < 4.78 is 49.6. The minimum Gasteiger partial charge on any atom is -0.491 e. The molecule has 0 N–H and O–H groups in total. The van der Waals surface area contributed by atoms with Gasteiger partial charge in [-0.2, -0.15) is 0 Å². The van der Waals surface area contributed by atoms with Gasteiger partial charge < -0.3 is 42.6 Å². The van der Waals surface area contributed by atoms with Crippen LogP contribution in [0.3, 0.4) is 0 Å². The molecule has 12 nitrogen and oxygen atoms in total. The highest BCUT2D eigenvalue weighted by atomic mass is 16.6. The summed E-state index contributed by atoms with van der Waals surface area (Å²) in [5.74, 6) is 0.563. The van der Waals surface area contributed by atoms with Crippen molar-refractivity contribution in [1.82, 2.24) is 0 Å². The molecule has 0 amide bonds. The van der Waals surface area contributed by atoms with Crippen molar-refractivity contribution in [2.45, 2.75) is 96.8 Å². The Kier molecular flexibility index (Phi) is 35.4. The van der Waals surface area contributed by atoms with E-state index >= 15 is 0 Å². The molecule has 0 saturated carbocycles. The molecular formula is C38H69NO11. The van der Waals surface area contributed by atoms with Crippen LogP contribution in [0.5, 0.6) is 5.75 Å². The van der Waals surface area contributed by atoms with Crippen LogP contribution in [0.15, 0.2) is 24.3 Å². The van der Waals surface area contributed by atoms with E-state index in [1.165, 1.54) is 95.6 Å². The van der Waals surface area contributed by atoms with E-state index < -0.39 is 4.92 Å². The van der Waals surface area contributed by atoms with E-state index in [9.17, 15) is 10.1 Å². The second-order valence-electron chi connectivity index (χ2n) is 12.1. The smallest absolute Gasteiger partial charge is 0.269 e. The van der Waals surface area contributed by atoms with Gasteiger partial charge in [-0.15, -0.1) is 0 Å². The normalized spacial score (nSPS) is 11.4. The van der Waals surface area contributed by atoms with Gasteiger partial charge >= 0.3 is 0 Å². The first-order valence-corrected chi connectivity index (χ1v) is 19.2. The molecule has 0 saturated heterocycles. The van der Waals surface area contributed by atoms with Crippen LogP contribution in [0.4, 0.5) is 5.69 Å². The zero-order chi connectivity index (χ0) is 35.8. The van der Waals surface area contributed by atoms with Crippen molar-refractivity contribution in [2.24, 2.45) is 0 Å². The van der Waals surface area contributed by atoms with Crippen LogP contribution in [0, 0.1) is 10.1 Å². The number of unbranched alkanes of at least 4 members (excludes halogenated alkanes) is 13. The maximum Gasteiger partial charge on any atom is 0.269 e. The molecule has 1 rings (SSSR count). The lowest BCUT2D eigenvalue weighted by Crippen LogP contribution is -2.15. The van der Waals surface area contributed by atoms with Gasteiger partial charge in [0.05, 0.1) is 104 Å². The van der Waals surface area contributed by atoms with Gasteiger partial charge in [0.1, 0.15) is 12.4 Å². The molecule has 0 bridgehead atoms. The van der Waals surface area contributed by atoms with E-state index in [0.717, 1.165) is 13.0 Å². The average Bonchev–Trinajstić information content (AvgIpc) is 3.12. The number of hydrogen-bond donors (Lipinski definition) is 0. The number of non-ortho nitro benzene ring substituents is 1. The van der Waals surface area contributed by atoms with Crippen molar-refractivity contribution in [3.05, 3.63) is 34.4 Å². The Balaban J connectivity index is 1.63. The molecule has 0 aliphatic heterocycles. The zero-order valence-electron chi connectivity index (χ0n) is 31.2. The molecule has 0 unspecified atom stereocenters. The Bertz CT molecular complexity index is 831. The van der Waals surface area contributed by atoms with Crippen LogP contribution in [0.25, 0.3) is 0 Å². The lowest BCUT2D eigenvalue weighted by molar-refractivity contribution is -0.384. The number of rotatable bonds is 41. The van der Waals surface area contributed by atoms with Crippen molar-refractivity contribution in [3.8, 4) is 5.75 Å². The molecule has 12 heteroatoms. The maximum atomic E-state index is 10.6. The second kappa shape index (κ2) is 38.3. The van der Waals surface area contributed by atoms with Crippen LogP contribution >= 0.6 is 0 Å². The number of nitrogens with zero attached hydrogens (tertiary/aromatic N) is 1.